The maximum absolute atomic E-state index is 12.7. The van der Waals surface area contributed by atoms with E-state index in [1.165, 1.54) is 4.80 Å². The highest BCUT2D eigenvalue weighted by molar-refractivity contribution is 5.93. The maximum atomic E-state index is 12.7. The number of tetrazole rings is 1. The standard InChI is InChI=1S/C18H24N6O2.ClH/c1-2-24-22-17(21-23-24)12-4-3-5-14(10-12)20-18(25)13-6-7-16-15(11-13)19-8-9-26-16;/h3-5,10,13,15-16,19H,2,6-9,11H2,1H3,(H,20,25);1H/t13-,15+,16+;/m0./s1. The van der Waals surface area contributed by atoms with Gasteiger partial charge in [-0.25, -0.2) is 0 Å². The molecule has 2 N–H and O–H groups in total. The second-order valence-electron chi connectivity index (χ2n) is 6.85. The molecule has 0 radical (unpaired) electrons. The van der Waals surface area contributed by atoms with Crippen LogP contribution in [0.1, 0.15) is 26.2 Å². The number of anilines is 1. The summed E-state index contributed by atoms with van der Waals surface area (Å²) in [5, 5.41) is 18.9. The number of carbonyl (C=O) groups is 1. The number of halogens is 1. The molecule has 27 heavy (non-hydrogen) atoms. The number of aryl methyl sites for hydroxylation is 1. The number of ether oxygens (including phenoxy) is 1. The molecule has 1 aromatic heterocycles. The third-order valence-corrected chi connectivity index (χ3v) is 5.12. The Kier molecular flexibility index (Phi) is 6.41. The van der Waals surface area contributed by atoms with Gasteiger partial charge in [-0.2, -0.15) is 4.80 Å². The highest BCUT2D eigenvalue weighted by Crippen LogP contribution is 2.29. The summed E-state index contributed by atoms with van der Waals surface area (Å²) in [6.45, 7) is 4.26. The van der Waals surface area contributed by atoms with Crippen molar-refractivity contribution >= 4 is 24.0 Å². The average molecular weight is 393 g/mol. The Morgan fingerprint density at radius 2 is 2.30 bits per heavy atom. The summed E-state index contributed by atoms with van der Waals surface area (Å²) < 4.78 is 5.79. The number of nitrogens with zero attached hydrogens (tertiary/aromatic N) is 4. The molecule has 0 unspecified atom stereocenters. The van der Waals surface area contributed by atoms with Crippen molar-refractivity contribution in [2.75, 3.05) is 18.5 Å². The van der Waals surface area contributed by atoms with Gasteiger partial charge in [0.2, 0.25) is 11.7 Å². The Morgan fingerprint density at radius 3 is 3.11 bits per heavy atom. The molecule has 4 rings (SSSR count). The van der Waals surface area contributed by atoms with E-state index in [9.17, 15) is 4.79 Å². The molecule has 2 heterocycles. The van der Waals surface area contributed by atoms with Crippen LogP contribution in [0.3, 0.4) is 0 Å². The first-order valence-corrected chi connectivity index (χ1v) is 9.27. The van der Waals surface area contributed by atoms with Gasteiger partial charge in [-0.3, -0.25) is 4.79 Å². The predicted molar refractivity (Wildman–Crippen MR) is 104 cm³/mol. The number of benzene rings is 1. The van der Waals surface area contributed by atoms with Gasteiger partial charge >= 0.3 is 0 Å². The van der Waals surface area contributed by atoms with Gasteiger partial charge < -0.3 is 15.4 Å². The number of hydrogen-bond donors (Lipinski definition) is 2. The van der Waals surface area contributed by atoms with E-state index in [1.54, 1.807) is 0 Å². The first-order valence-electron chi connectivity index (χ1n) is 9.27. The van der Waals surface area contributed by atoms with Crippen LogP contribution in [0.5, 0.6) is 0 Å². The quantitative estimate of drug-likeness (QED) is 0.825. The summed E-state index contributed by atoms with van der Waals surface area (Å²) in [5.74, 6) is 0.637. The molecular formula is C18H25ClN6O2. The Morgan fingerprint density at radius 1 is 1.41 bits per heavy atom. The largest absolute Gasteiger partial charge is 0.375 e. The minimum absolute atomic E-state index is 0. The first-order chi connectivity index (χ1) is 12.7. The Balaban J connectivity index is 0.00000210. The number of amides is 1. The van der Waals surface area contributed by atoms with Crippen molar-refractivity contribution in [3.8, 4) is 11.4 Å². The van der Waals surface area contributed by atoms with E-state index in [-0.39, 0.29) is 36.4 Å². The Labute approximate surface area is 164 Å². The van der Waals surface area contributed by atoms with E-state index >= 15 is 0 Å². The zero-order chi connectivity index (χ0) is 17.9. The molecule has 1 amide bonds. The Hall–Kier alpha value is -2.03. The van der Waals surface area contributed by atoms with Crippen molar-refractivity contribution in [1.82, 2.24) is 25.5 Å². The molecule has 0 bridgehead atoms. The fourth-order valence-corrected chi connectivity index (χ4v) is 3.72. The summed E-state index contributed by atoms with van der Waals surface area (Å²) in [7, 11) is 0. The maximum Gasteiger partial charge on any atom is 0.227 e. The topological polar surface area (TPSA) is 94.0 Å². The summed E-state index contributed by atoms with van der Waals surface area (Å²) in [4.78, 5) is 14.3. The van der Waals surface area contributed by atoms with Crippen molar-refractivity contribution in [2.24, 2.45) is 5.92 Å². The lowest BCUT2D eigenvalue weighted by atomic mass is 9.82. The van der Waals surface area contributed by atoms with Crippen LogP contribution < -0.4 is 10.6 Å². The van der Waals surface area contributed by atoms with Gasteiger partial charge in [-0.15, -0.1) is 22.6 Å². The van der Waals surface area contributed by atoms with Gasteiger partial charge in [0.25, 0.3) is 0 Å². The molecule has 1 saturated carbocycles. The molecule has 1 aliphatic heterocycles. The normalized spacial score (nSPS) is 24.6. The van der Waals surface area contributed by atoms with Gasteiger partial charge in [-0.1, -0.05) is 12.1 Å². The van der Waals surface area contributed by atoms with Crippen LogP contribution in [0.15, 0.2) is 24.3 Å². The summed E-state index contributed by atoms with van der Waals surface area (Å²) in [5.41, 5.74) is 1.60. The van der Waals surface area contributed by atoms with Crippen LogP contribution in [0.25, 0.3) is 11.4 Å². The molecule has 146 valence electrons. The molecule has 2 fully saturated rings. The zero-order valence-corrected chi connectivity index (χ0v) is 16.1. The number of hydrogen-bond acceptors (Lipinski definition) is 6. The molecule has 1 aromatic carbocycles. The number of aromatic nitrogens is 4. The van der Waals surface area contributed by atoms with Crippen LogP contribution in [0.2, 0.25) is 0 Å². The van der Waals surface area contributed by atoms with E-state index in [2.05, 4.69) is 26.0 Å². The van der Waals surface area contributed by atoms with Gasteiger partial charge in [0.15, 0.2) is 0 Å². The van der Waals surface area contributed by atoms with Gasteiger partial charge in [0.1, 0.15) is 0 Å². The molecule has 9 heteroatoms. The Bertz CT molecular complexity index is 783. The lowest BCUT2D eigenvalue weighted by Gasteiger charge is -2.39. The van der Waals surface area contributed by atoms with E-state index in [0.29, 0.717) is 12.4 Å². The monoisotopic (exact) mass is 392 g/mol. The van der Waals surface area contributed by atoms with Gasteiger partial charge in [0, 0.05) is 29.8 Å². The molecule has 8 nitrogen and oxygen atoms in total. The minimum Gasteiger partial charge on any atom is -0.375 e. The molecule has 3 atom stereocenters. The van der Waals surface area contributed by atoms with Crippen LogP contribution in [0.4, 0.5) is 5.69 Å². The SMILES string of the molecule is CCn1nnc(-c2cccc(NC(=O)[C@H]3CC[C@H]4OCCN[C@@H]4C3)c2)n1.Cl. The third-order valence-electron chi connectivity index (χ3n) is 5.12. The smallest absolute Gasteiger partial charge is 0.227 e. The van der Waals surface area contributed by atoms with Crippen molar-refractivity contribution in [3.63, 3.8) is 0 Å². The van der Waals surface area contributed by atoms with E-state index < -0.39 is 0 Å². The summed E-state index contributed by atoms with van der Waals surface area (Å²) >= 11 is 0. The van der Waals surface area contributed by atoms with Crippen molar-refractivity contribution in [3.05, 3.63) is 24.3 Å². The van der Waals surface area contributed by atoms with E-state index in [4.69, 9.17) is 4.74 Å². The number of fused-ring (bicyclic) bond motifs is 1. The minimum atomic E-state index is 0. The van der Waals surface area contributed by atoms with Gasteiger partial charge in [-0.05, 0) is 43.5 Å². The lowest BCUT2D eigenvalue weighted by Crippen LogP contribution is -2.52. The van der Waals surface area contributed by atoms with Crippen molar-refractivity contribution < 1.29 is 9.53 Å². The van der Waals surface area contributed by atoms with Crippen LogP contribution in [-0.4, -0.2) is 51.4 Å². The molecule has 1 saturated heterocycles. The number of nitrogens with one attached hydrogen (secondary N) is 2. The molecule has 2 aromatic rings. The number of morpholine rings is 1. The van der Waals surface area contributed by atoms with Crippen molar-refractivity contribution in [2.45, 2.75) is 44.9 Å². The highest BCUT2D eigenvalue weighted by Gasteiger charge is 2.35. The number of carbonyl (C=O) groups excluding carboxylic acids is 1. The summed E-state index contributed by atoms with van der Waals surface area (Å²) in [6, 6.07) is 7.88. The fraction of sp³-hybridized carbons (Fsp3) is 0.556. The predicted octanol–water partition coefficient (Wildman–Crippen LogP) is 1.88. The van der Waals surface area contributed by atoms with E-state index in [1.807, 2.05) is 31.2 Å². The average Bonchev–Trinajstić information content (AvgIpc) is 3.17. The second kappa shape index (κ2) is 8.77. The highest BCUT2D eigenvalue weighted by atomic mass is 35.5. The summed E-state index contributed by atoms with van der Waals surface area (Å²) in [6.07, 6.45) is 2.87. The van der Waals surface area contributed by atoms with Crippen LogP contribution in [0, 0.1) is 5.92 Å². The fourth-order valence-electron chi connectivity index (χ4n) is 3.72. The van der Waals surface area contributed by atoms with E-state index in [0.717, 1.165) is 43.7 Å². The second-order valence-corrected chi connectivity index (χ2v) is 6.85. The molecule has 0 spiro atoms. The van der Waals surface area contributed by atoms with Crippen LogP contribution >= 0.6 is 12.4 Å². The number of rotatable bonds is 4. The third kappa shape index (κ3) is 4.45. The first kappa shape index (κ1) is 19.7. The van der Waals surface area contributed by atoms with Gasteiger partial charge in [0.05, 0.1) is 19.3 Å². The molecule has 2 aliphatic rings. The molecular weight excluding hydrogens is 368 g/mol. The zero-order valence-electron chi connectivity index (χ0n) is 15.3. The lowest BCUT2D eigenvalue weighted by molar-refractivity contribution is -0.123. The molecule has 1 aliphatic carbocycles. The van der Waals surface area contributed by atoms with Crippen LogP contribution in [-0.2, 0) is 16.1 Å². The van der Waals surface area contributed by atoms with Crippen molar-refractivity contribution in [1.29, 1.82) is 0 Å².